The van der Waals surface area contributed by atoms with Gasteiger partial charge in [-0.05, 0) is 20.8 Å². The highest BCUT2D eigenvalue weighted by molar-refractivity contribution is 7.09. The molecule has 0 saturated carbocycles. The number of likely N-dealkylation sites (N-methyl/N-ethyl adjacent to an activating group) is 1. The Morgan fingerprint density at radius 3 is 2.62 bits per heavy atom. The van der Waals surface area contributed by atoms with Gasteiger partial charge in [0.25, 0.3) is 0 Å². The molecular formula is C11H19N3OS. The lowest BCUT2D eigenvalue weighted by molar-refractivity contribution is -0.134. The van der Waals surface area contributed by atoms with Crippen molar-refractivity contribution < 1.29 is 4.79 Å². The lowest BCUT2D eigenvalue weighted by Gasteiger charge is -2.31. The fraction of sp³-hybridized carbons (Fsp3) is 0.636. The average molecular weight is 241 g/mol. The van der Waals surface area contributed by atoms with Gasteiger partial charge in [-0.2, -0.15) is 0 Å². The van der Waals surface area contributed by atoms with Crippen molar-refractivity contribution in [3.8, 4) is 0 Å². The van der Waals surface area contributed by atoms with Gasteiger partial charge in [0.05, 0.1) is 11.0 Å². The molecule has 5 heteroatoms. The number of aromatic nitrogens is 1. The molecule has 0 radical (unpaired) electrons. The van der Waals surface area contributed by atoms with E-state index in [1.807, 2.05) is 27.0 Å². The standard InChI is InChI=1S/C11H19N3OS/c1-8(9-6-12-7-16-9)13-11(2,3)10(15)14(4)5/h6-8,13H,1-5H3. The fourth-order valence-corrected chi connectivity index (χ4v) is 2.30. The summed E-state index contributed by atoms with van der Waals surface area (Å²) >= 11 is 1.59. The van der Waals surface area contributed by atoms with Gasteiger partial charge in [-0.25, -0.2) is 0 Å². The van der Waals surface area contributed by atoms with Crippen LogP contribution in [0.1, 0.15) is 31.7 Å². The molecule has 0 aliphatic carbocycles. The average Bonchev–Trinajstić information content (AvgIpc) is 2.68. The highest BCUT2D eigenvalue weighted by atomic mass is 32.1. The summed E-state index contributed by atoms with van der Waals surface area (Å²) in [5.74, 6) is 0.0730. The van der Waals surface area contributed by atoms with Gasteiger partial charge < -0.3 is 4.90 Å². The minimum atomic E-state index is -0.563. The van der Waals surface area contributed by atoms with Crippen LogP contribution >= 0.6 is 11.3 Å². The smallest absolute Gasteiger partial charge is 0.241 e. The fourth-order valence-electron chi connectivity index (χ4n) is 1.67. The molecule has 1 rings (SSSR count). The number of thiazole rings is 1. The maximum atomic E-state index is 11.9. The quantitative estimate of drug-likeness (QED) is 0.872. The summed E-state index contributed by atoms with van der Waals surface area (Å²) in [6, 6.07) is 0.131. The van der Waals surface area contributed by atoms with Crippen molar-refractivity contribution in [2.75, 3.05) is 14.1 Å². The summed E-state index contributed by atoms with van der Waals surface area (Å²) in [6.07, 6.45) is 1.83. The molecule has 90 valence electrons. The molecule has 0 aliphatic heterocycles. The van der Waals surface area contributed by atoms with Crippen LogP contribution in [0.4, 0.5) is 0 Å². The number of carbonyl (C=O) groups excluding carboxylic acids is 1. The third kappa shape index (κ3) is 3.02. The van der Waals surface area contributed by atoms with E-state index in [0.29, 0.717) is 0 Å². The monoisotopic (exact) mass is 241 g/mol. The molecule has 1 heterocycles. The summed E-state index contributed by atoms with van der Waals surface area (Å²) in [6.45, 7) is 5.83. The van der Waals surface area contributed by atoms with E-state index in [9.17, 15) is 4.79 Å². The molecule has 1 aromatic rings. The van der Waals surface area contributed by atoms with Crippen molar-refractivity contribution in [3.63, 3.8) is 0 Å². The number of carbonyl (C=O) groups is 1. The number of amides is 1. The molecular weight excluding hydrogens is 222 g/mol. The summed E-state index contributed by atoms with van der Waals surface area (Å²) in [7, 11) is 3.53. The Kier molecular flexibility index (Phi) is 4.04. The Morgan fingerprint density at radius 1 is 1.56 bits per heavy atom. The maximum absolute atomic E-state index is 11.9. The molecule has 16 heavy (non-hydrogen) atoms. The lowest BCUT2D eigenvalue weighted by Crippen LogP contribution is -2.52. The van der Waals surface area contributed by atoms with Crippen molar-refractivity contribution in [1.82, 2.24) is 15.2 Å². The first-order chi connectivity index (χ1) is 7.34. The zero-order valence-corrected chi connectivity index (χ0v) is 11.3. The van der Waals surface area contributed by atoms with E-state index in [-0.39, 0.29) is 11.9 Å². The van der Waals surface area contributed by atoms with Crippen molar-refractivity contribution >= 4 is 17.2 Å². The predicted octanol–water partition coefficient (Wildman–Crippen LogP) is 1.66. The zero-order valence-electron chi connectivity index (χ0n) is 10.4. The second-order valence-corrected chi connectivity index (χ2v) is 5.51. The minimum absolute atomic E-state index is 0.0730. The van der Waals surface area contributed by atoms with E-state index in [4.69, 9.17) is 0 Å². The SMILES string of the molecule is CC(NC(C)(C)C(=O)N(C)C)c1cncs1. The van der Waals surface area contributed by atoms with Gasteiger partial charge in [-0.3, -0.25) is 15.1 Å². The Labute approximate surface area is 101 Å². The van der Waals surface area contributed by atoms with Crippen LogP contribution in [0.3, 0.4) is 0 Å². The van der Waals surface area contributed by atoms with Gasteiger partial charge >= 0.3 is 0 Å². The molecule has 1 N–H and O–H groups in total. The summed E-state index contributed by atoms with van der Waals surface area (Å²) in [5, 5.41) is 3.32. The molecule has 1 amide bonds. The van der Waals surface area contributed by atoms with Gasteiger partial charge in [0.1, 0.15) is 0 Å². The number of nitrogens with zero attached hydrogens (tertiary/aromatic N) is 2. The largest absolute Gasteiger partial charge is 0.347 e. The van der Waals surface area contributed by atoms with E-state index in [2.05, 4.69) is 10.3 Å². The normalized spacial score (nSPS) is 13.6. The molecule has 0 aromatic carbocycles. The van der Waals surface area contributed by atoms with E-state index < -0.39 is 5.54 Å². The van der Waals surface area contributed by atoms with Gasteiger partial charge in [0.2, 0.25) is 5.91 Å². The van der Waals surface area contributed by atoms with Crippen LogP contribution < -0.4 is 5.32 Å². The topological polar surface area (TPSA) is 45.2 Å². The number of hydrogen-bond acceptors (Lipinski definition) is 4. The molecule has 1 unspecified atom stereocenters. The van der Waals surface area contributed by atoms with E-state index in [0.717, 1.165) is 4.88 Å². The van der Waals surface area contributed by atoms with E-state index in [1.54, 1.807) is 35.8 Å². The van der Waals surface area contributed by atoms with Gasteiger partial charge in [0, 0.05) is 31.2 Å². The Balaban J connectivity index is 2.69. The first kappa shape index (κ1) is 13.1. The van der Waals surface area contributed by atoms with Gasteiger partial charge in [-0.1, -0.05) is 0 Å². The van der Waals surface area contributed by atoms with Gasteiger partial charge in [-0.15, -0.1) is 11.3 Å². The van der Waals surface area contributed by atoms with Crippen LogP contribution in [-0.2, 0) is 4.79 Å². The first-order valence-electron chi connectivity index (χ1n) is 5.22. The Morgan fingerprint density at radius 2 is 2.19 bits per heavy atom. The molecule has 0 fully saturated rings. The van der Waals surface area contributed by atoms with E-state index >= 15 is 0 Å². The van der Waals surface area contributed by atoms with E-state index in [1.165, 1.54) is 0 Å². The maximum Gasteiger partial charge on any atom is 0.241 e. The molecule has 0 spiro atoms. The van der Waals surface area contributed by atoms with Gasteiger partial charge in [0.15, 0.2) is 0 Å². The van der Waals surface area contributed by atoms with Crippen LogP contribution in [-0.4, -0.2) is 35.4 Å². The minimum Gasteiger partial charge on any atom is -0.347 e. The van der Waals surface area contributed by atoms with Crippen molar-refractivity contribution in [3.05, 3.63) is 16.6 Å². The molecule has 0 bridgehead atoms. The predicted molar refractivity (Wildman–Crippen MR) is 66.4 cm³/mol. The molecule has 1 atom stereocenters. The Hall–Kier alpha value is -0.940. The molecule has 0 saturated heterocycles. The van der Waals surface area contributed by atoms with Crippen molar-refractivity contribution in [2.45, 2.75) is 32.4 Å². The first-order valence-corrected chi connectivity index (χ1v) is 6.10. The molecule has 0 aliphatic rings. The summed E-state index contributed by atoms with van der Waals surface area (Å²) < 4.78 is 0. The van der Waals surface area contributed by atoms with Crippen molar-refractivity contribution in [2.24, 2.45) is 0 Å². The zero-order chi connectivity index (χ0) is 12.3. The second-order valence-electron chi connectivity index (χ2n) is 4.59. The number of nitrogens with one attached hydrogen (secondary N) is 1. The third-order valence-corrected chi connectivity index (χ3v) is 3.35. The van der Waals surface area contributed by atoms with Crippen LogP contribution in [0.15, 0.2) is 11.7 Å². The number of hydrogen-bond donors (Lipinski definition) is 1. The summed E-state index contributed by atoms with van der Waals surface area (Å²) in [5.41, 5.74) is 1.24. The highest BCUT2D eigenvalue weighted by Crippen LogP contribution is 2.20. The van der Waals surface area contributed by atoms with Crippen LogP contribution in [0.25, 0.3) is 0 Å². The molecule has 4 nitrogen and oxygen atoms in total. The highest BCUT2D eigenvalue weighted by Gasteiger charge is 2.30. The van der Waals surface area contributed by atoms with Crippen LogP contribution in [0.5, 0.6) is 0 Å². The Bertz CT molecular complexity index is 346. The third-order valence-electron chi connectivity index (χ3n) is 2.40. The molecule has 1 aromatic heterocycles. The summed E-state index contributed by atoms with van der Waals surface area (Å²) in [4.78, 5) is 18.7. The lowest BCUT2D eigenvalue weighted by atomic mass is 10.0. The van der Waals surface area contributed by atoms with Crippen LogP contribution in [0, 0.1) is 0 Å². The second kappa shape index (κ2) is 4.93. The number of rotatable bonds is 4. The van der Waals surface area contributed by atoms with Crippen molar-refractivity contribution in [1.29, 1.82) is 0 Å². The van der Waals surface area contributed by atoms with Crippen LogP contribution in [0.2, 0.25) is 0 Å².